The molecule has 0 spiro atoms. The Morgan fingerprint density at radius 2 is 2.42 bits per heavy atom. The molecule has 0 bridgehead atoms. The molecule has 0 aliphatic heterocycles. The van der Waals surface area contributed by atoms with Gasteiger partial charge in [-0.3, -0.25) is 0 Å². The summed E-state index contributed by atoms with van der Waals surface area (Å²) in [5.41, 5.74) is 6.63. The molecular formula is C9H10N2S. The molecule has 1 saturated carbocycles. The van der Waals surface area contributed by atoms with Gasteiger partial charge in [-0.25, -0.2) is 4.98 Å². The predicted octanol–water partition coefficient (Wildman–Crippen LogP) is 1.46. The van der Waals surface area contributed by atoms with Crippen molar-refractivity contribution in [3.05, 3.63) is 16.1 Å². The third-order valence-electron chi connectivity index (χ3n) is 2.32. The van der Waals surface area contributed by atoms with Gasteiger partial charge < -0.3 is 5.73 Å². The summed E-state index contributed by atoms with van der Waals surface area (Å²) in [7, 11) is 0. The van der Waals surface area contributed by atoms with Gasteiger partial charge in [0.15, 0.2) is 0 Å². The summed E-state index contributed by atoms with van der Waals surface area (Å²) < 4.78 is 0. The van der Waals surface area contributed by atoms with E-state index < -0.39 is 0 Å². The van der Waals surface area contributed by atoms with Gasteiger partial charge in [-0.2, -0.15) is 0 Å². The largest absolute Gasteiger partial charge is 0.319 e. The number of hydrogen-bond donors (Lipinski definition) is 1. The van der Waals surface area contributed by atoms with Gasteiger partial charge in [-0.1, -0.05) is 0 Å². The van der Waals surface area contributed by atoms with E-state index in [2.05, 4.69) is 10.9 Å². The highest BCUT2D eigenvalue weighted by atomic mass is 32.1. The molecule has 0 atom stereocenters. The van der Waals surface area contributed by atoms with Gasteiger partial charge in [0.25, 0.3) is 0 Å². The number of terminal acetylenes is 1. The fourth-order valence-corrected chi connectivity index (χ4v) is 2.27. The van der Waals surface area contributed by atoms with Gasteiger partial charge in [-0.05, 0) is 25.2 Å². The lowest BCUT2D eigenvalue weighted by Gasteiger charge is -2.35. The number of hydrogen-bond acceptors (Lipinski definition) is 3. The zero-order chi connectivity index (χ0) is 8.60. The van der Waals surface area contributed by atoms with E-state index in [-0.39, 0.29) is 5.54 Å². The summed E-state index contributed by atoms with van der Waals surface area (Å²) in [5, 5.41) is 2.89. The molecule has 2 rings (SSSR count). The first kappa shape index (κ1) is 7.78. The molecule has 0 unspecified atom stereocenters. The van der Waals surface area contributed by atoms with Gasteiger partial charge in [-0.15, -0.1) is 17.8 Å². The lowest BCUT2D eigenvalue weighted by molar-refractivity contribution is 0.252. The maximum atomic E-state index is 6.07. The monoisotopic (exact) mass is 178 g/mol. The minimum Gasteiger partial charge on any atom is -0.319 e. The highest BCUT2D eigenvalue weighted by molar-refractivity contribution is 7.09. The Balaban J connectivity index is 2.29. The number of aromatic nitrogens is 1. The molecule has 62 valence electrons. The maximum absolute atomic E-state index is 6.07. The molecule has 0 amide bonds. The first-order valence-corrected chi connectivity index (χ1v) is 4.84. The molecule has 0 saturated heterocycles. The third-order valence-corrected chi connectivity index (χ3v) is 3.39. The van der Waals surface area contributed by atoms with Crippen LogP contribution < -0.4 is 5.73 Å². The Labute approximate surface area is 75.8 Å². The average Bonchev–Trinajstić information content (AvgIpc) is 2.48. The van der Waals surface area contributed by atoms with Crippen molar-refractivity contribution < 1.29 is 0 Å². The minimum atomic E-state index is -0.153. The summed E-state index contributed by atoms with van der Waals surface area (Å²) in [6, 6.07) is 0. The van der Waals surface area contributed by atoms with E-state index in [0.717, 1.165) is 17.8 Å². The number of nitrogens with two attached hydrogens (primary N) is 1. The van der Waals surface area contributed by atoms with Crippen LogP contribution in [-0.4, -0.2) is 4.98 Å². The summed E-state index contributed by atoms with van der Waals surface area (Å²) in [5.74, 6) is 2.51. The topological polar surface area (TPSA) is 38.9 Å². The second-order valence-electron chi connectivity index (χ2n) is 3.19. The summed E-state index contributed by atoms with van der Waals surface area (Å²) in [6.45, 7) is 0. The van der Waals surface area contributed by atoms with Crippen LogP contribution in [0.1, 0.15) is 30.0 Å². The number of thiazole rings is 1. The van der Waals surface area contributed by atoms with Crippen molar-refractivity contribution in [1.82, 2.24) is 4.98 Å². The zero-order valence-electron chi connectivity index (χ0n) is 6.71. The van der Waals surface area contributed by atoms with Crippen molar-refractivity contribution >= 4 is 11.3 Å². The molecule has 0 radical (unpaired) electrons. The molecule has 0 aromatic carbocycles. The number of rotatable bonds is 1. The van der Waals surface area contributed by atoms with Crippen LogP contribution in [0.25, 0.3) is 0 Å². The Hall–Kier alpha value is -0.850. The molecule has 1 aromatic rings. The van der Waals surface area contributed by atoms with E-state index in [0.29, 0.717) is 5.69 Å². The van der Waals surface area contributed by atoms with Crippen LogP contribution in [-0.2, 0) is 5.54 Å². The quantitative estimate of drug-likeness (QED) is 0.661. The van der Waals surface area contributed by atoms with Crippen LogP contribution in [0.3, 0.4) is 0 Å². The summed E-state index contributed by atoms with van der Waals surface area (Å²) in [6.07, 6.45) is 8.52. The molecule has 12 heavy (non-hydrogen) atoms. The Morgan fingerprint density at radius 1 is 1.67 bits per heavy atom. The average molecular weight is 178 g/mol. The molecule has 1 fully saturated rings. The maximum Gasteiger partial charge on any atom is 0.124 e. The Morgan fingerprint density at radius 3 is 2.83 bits per heavy atom. The summed E-state index contributed by atoms with van der Waals surface area (Å²) in [4.78, 5) is 4.28. The molecule has 1 aromatic heterocycles. The zero-order valence-corrected chi connectivity index (χ0v) is 7.53. The SMILES string of the molecule is C#Cc1csc(C2(N)CCC2)n1. The molecule has 1 heterocycles. The van der Waals surface area contributed by atoms with E-state index >= 15 is 0 Å². The first-order chi connectivity index (χ1) is 5.74. The molecule has 2 N–H and O–H groups in total. The lowest BCUT2D eigenvalue weighted by atomic mass is 9.78. The van der Waals surface area contributed by atoms with Crippen molar-refractivity contribution in [2.24, 2.45) is 5.73 Å². The van der Waals surface area contributed by atoms with E-state index in [4.69, 9.17) is 12.2 Å². The highest BCUT2D eigenvalue weighted by Crippen LogP contribution is 2.39. The minimum absolute atomic E-state index is 0.153. The van der Waals surface area contributed by atoms with Crippen LogP contribution in [0, 0.1) is 12.3 Å². The molecule has 3 heteroatoms. The van der Waals surface area contributed by atoms with Crippen LogP contribution in [0.2, 0.25) is 0 Å². The molecule has 1 aliphatic carbocycles. The van der Waals surface area contributed by atoms with Crippen LogP contribution in [0.15, 0.2) is 5.38 Å². The fraction of sp³-hybridized carbons (Fsp3) is 0.444. The lowest BCUT2D eigenvalue weighted by Crippen LogP contribution is -2.43. The van der Waals surface area contributed by atoms with Gasteiger partial charge in [0.2, 0.25) is 0 Å². The van der Waals surface area contributed by atoms with Gasteiger partial charge in [0, 0.05) is 5.38 Å². The highest BCUT2D eigenvalue weighted by Gasteiger charge is 2.36. The van der Waals surface area contributed by atoms with Crippen LogP contribution in [0.4, 0.5) is 0 Å². The van der Waals surface area contributed by atoms with Crippen molar-refractivity contribution in [2.75, 3.05) is 0 Å². The standard InChI is InChI=1S/C9H10N2S/c1-2-7-6-12-8(11-7)9(10)4-3-5-9/h1,6H,3-5,10H2. The second-order valence-corrected chi connectivity index (χ2v) is 4.05. The van der Waals surface area contributed by atoms with E-state index in [9.17, 15) is 0 Å². The van der Waals surface area contributed by atoms with Gasteiger partial charge in [0.05, 0.1) is 5.54 Å². The molecule has 2 nitrogen and oxygen atoms in total. The fourth-order valence-electron chi connectivity index (χ4n) is 1.34. The Bertz CT molecular complexity index is 331. The normalized spacial score (nSPS) is 19.7. The van der Waals surface area contributed by atoms with E-state index in [1.165, 1.54) is 6.42 Å². The summed E-state index contributed by atoms with van der Waals surface area (Å²) >= 11 is 1.58. The number of nitrogens with zero attached hydrogens (tertiary/aromatic N) is 1. The van der Waals surface area contributed by atoms with Gasteiger partial charge >= 0.3 is 0 Å². The molecular weight excluding hydrogens is 168 g/mol. The van der Waals surface area contributed by atoms with Crippen molar-refractivity contribution in [3.63, 3.8) is 0 Å². The van der Waals surface area contributed by atoms with E-state index in [1.807, 2.05) is 5.38 Å². The van der Waals surface area contributed by atoms with Crippen molar-refractivity contribution in [1.29, 1.82) is 0 Å². The third kappa shape index (κ3) is 1.04. The smallest absolute Gasteiger partial charge is 0.124 e. The Kier molecular flexibility index (Phi) is 1.67. The van der Waals surface area contributed by atoms with Crippen LogP contribution in [0.5, 0.6) is 0 Å². The van der Waals surface area contributed by atoms with E-state index in [1.54, 1.807) is 11.3 Å². The van der Waals surface area contributed by atoms with Gasteiger partial charge in [0.1, 0.15) is 10.7 Å². The second kappa shape index (κ2) is 2.58. The predicted molar refractivity (Wildman–Crippen MR) is 49.8 cm³/mol. The van der Waals surface area contributed by atoms with Crippen molar-refractivity contribution in [2.45, 2.75) is 24.8 Å². The first-order valence-electron chi connectivity index (χ1n) is 3.96. The van der Waals surface area contributed by atoms with Crippen molar-refractivity contribution in [3.8, 4) is 12.3 Å². The van der Waals surface area contributed by atoms with Crippen LogP contribution >= 0.6 is 11.3 Å². The molecule has 1 aliphatic rings.